The number of rotatable bonds is 7. The Labute approximate surface area is 243 Å². The zero-order valence-corrected chi connectivity index (χ0v) is 23.8. The average Bonchev–Trinajstić information content (AvgIpc) is 3.35. The molecule has 4 aromatic carbocycles. The molecular formula is C31H23BrClN3O4. The van der Waals surface area contributed by atoms with Crippen LogP contribution in [0.5, 0.6) is 11.5 Å². The molecule has 1 heterocycles. The van der Waals surface area contributed by atoms with E-state index < -0.39 is 11.9 Å². The SMILES string of the molecule is COc1cc(C=NNC(=O)c2[nH]c3c(Br)cccc3c2-c2ccccc2Cl)ccc1OC(=O)c1cccc(C)c1. The fourth-order valence-electron chi connectivity index (χ4n) is 4.30. The van der Waals surface area contributed by atoms with Crippen LogP contribution in [-0.2, 0) is 0 Å². The summed E-state index contributed by atoms with van der Waals surface area (Å²) in [5.74, 6) is -0.319. The van der Waals surface area contributed by atoms with Gasteiger partial charge in [0.05, 0.1) is 24.4 Å². The third-order valence-corrected chi connectivity index (χ3v) is 7.17. The predicted octanol–water partition coefficient (Wildman–Crippen LogP) is 7.55. The number of aromatic nitrogens is 1. The van der Waals surface area contributed by atoms with Crippen LogP contribution in [0.15, 0.2) is 94.5 Å². The van der Waals surface area contributed by atoms with Crippen molar-refractivity contribution in [2.75, 3.05) is 7.11 Å². The number of aromatic amines is 1. The molecule has 5 rings (SSSR count). The number of halogens is 2. The maximum atomic E-state index is 13.3. The molecular weight excluding hydrogens is 594 g/mol. The van der Waals surface area contributed by atoms with E-state index in [1.807, 2.05) is 49.4 Å². The zero-order valence-electron chi connectivity index (χ0n) is 21.5. The first-order valence-electron chi connectivity index (χ1n) is 12.2. The maximum Gasteiger partial charge on any atom is 0.343 e. The van der Waals surface area contributed by atoms with Crippen molar-refractivity contribution in [3.63, 3.8) is 0 Å². The van der Waals surface area contributed by atoms with Gasteiger partial charge in [-0.3, -0.25) is 4.79 Å². The van der Waals surface area contributed by atoms with Crippen molar-refractivity contribution in [1.29, 1.82) is 0 Å². The molecule has 1 amide bonds. The molecule has 0 spiro atoms. The van der Waals surface area contributed by atoms with E-state index in [-0.39, 0.29) is 5.75 Å². The predicted molar refractivity (Wildman–Crippen MR) is 161 cm³/mol. The highest BCUT2D eigenvalue weighted by Gasteiger charge is 2.21. The average molecular weight is 617 g/mol. The van der Waals surface area contributed by atoms with E-state index in [4.69, 9.17) is 21.1 Å². The number of aryl methyl sites for hydroxylation is 1. The van der Waals surface area contributed by atoms with Gasteiger partial charge in [-0.05, 0) is 70.9 Å². The van der Waals surface area contributed by atoms with E-state index in [2.05, 4.69) is 31.4 Å². The topological polar surface area (TPSA) is 92.8 Å². The second kappa shape index (κ2) is 11.8. The second-order valence-corrected chi connectivity index (χ2v) is 10.1. The van der Waals surface area contributed by atoms with Gasteiger partial charge in [-0.2, -0.15) is 5.10 Å². The number of carbonyl (C=O) groups is 2. The van der Waals surface area contributed by atoms with Crippen LogP contribution >= 0.6 is 27.5 Å². The quantitative estimate of drug-likeness (QED) is 0.0855. The summed E-state index contributed by atoms with van der Waals surface area (Å²) in [4.78, 5) is 29.1. The molecule has 1 aromatic heterocycles. The van der Waals surface area contributed by atoms with Gasteiger partial charge in [0.2, 0.25) is 0 Å². The van der Waals surface area contributed by atoms with Gasteiger partial charge in [0, 0.05) is 26.0 Å². The van der Waals surface area contributed by atoms with E-state index >= 15 is 0 Å². The lowest BCUT2D eigenvalue weighted by atomic mass is 10.0. The van der Waals surface area contributed by atoms with Gasteiger partial charge in [0.1, 0.15) is 5.69 Å². The summed E-state index contributed by atoms with van der Waals surface area (Å²) in [7, 11) is 1.48. The number of nitrogens with zero attached hydrogens (tertiary/aromatic N) is 1. The third-order valence-electron chi connectivity index (χ3n) is 6.18. The lowest BCUT2D eigenvalue weighted by Crippen LogP contribution is -2.19. The molecule has 0 radical (unpaired) electrons. The summed E-state index contributed by atoms with van der Waals surface area (Å²) >= 11 is 10.1. The Kier molecular flexibility index (Phi) is 8.00. The number of methoxy groups -OCH3 is 1. The van der Waals surface area contributed by atoms with Crippen molar-refractivity contribution in [2.24, 2.45) is 5.10 Å². The lowest BCUT2D eigenvalue weighted by molar-refractivity contribution is 0.0729. The molecule has 0 saturated carbocycles. The van der Waals surface area contributed by atoms with Crippen LogP contribution in [0.2, 0.25) is 5.02 Å². The minimum atomic E-state index is -0.491. The summed E-state index contributed by atoms with van der Waals surface area (Å²) in [6, 6.07) is 25.2. The first-order chi connectivity index (χ1) is 19.4. The summed E-state index contributed by atoms with van der Waals surface area (Å²) < 4.78 is 11.8. The number of fused-ring (bicyclic) bond motifs is 1. The number of carbonyl (C=O) groups excluding carboxylic acids is 2. The van der Waals surface area contributed by atoms with Gasteiger partial charge in [-0.1, -0.05) is 59.6 Å². The first kappa shape index (κ1) is 27.2. The van der Waals surface area contributed by atoms with Crippen molar-refractivity contribution in [2.45, 2.75) is 6.92 Å². The van der Waals surface area contributed by atoms with Crippen LogP contribution in [0.1, 0.15) is 32.0 Å². The smallest absolute Gasteiger partial charge is 0.343 e. The van der Waals surface area contributed by atoms with E-state index in [9.17, 15) is 9.59 Å². The molecule has 0 saturated heterocycles. The standard InChI is InChI=1S/C31H23BrClN3O4/c1-18-7-5-8-20(15-18)31(38)40-25-14-13-19(16-26(25)39-2)17-34-36-30(37)29-27(21-9-3-4-12-24(21)33)22-10-6-11-23(32)28(22)35-29/h3-17,35H,1-2H3,(H,36,37). The molecule has 9 heteroatoms. The Morgan fingerprint density at radius 2 is 1.77 bits per heavy atom. The van der Waals surface area contributed by atoms with Crippen LogP contribution in [0, 0.1) is 6.92 Å². The fourth-order valence-corrected chi connectivity index (χ4v) is 4.99. The van der Waals surface area contributed by atoms with Crippen LogP contribution < -0.4 is 14.9 Å². The number of benzene rings is 4. The first-order valence-corrected chi connectivity index (χ1v) is 13.4. The van der Waals surface area contributed by atoms with Crippen LogP contribution in [-0.4, -0.2) is 30.2 Å². The number of esters is 1. The van der Waals surface area contributed by atoms with Gasteiger partial charge in [-0.15, -0.1) is 0 Å². The second-order valence-electron chi connectivity index (χ2n) is 8.89. The van der Waals surface area contributed by atoms with Gasteiger partial charge in [-0.25, -0.2) is 10.2 Å². The fraction of sp³-hybridized carbons (Fsp3) is 0.0645. The molecule has 2 N–H and O–H groups in total. The number of para-hydroxylation sites is 1. The van der Waals surface area contributed by atoms with Crippen molar-refractivity contribution < 1.29 is 19.1 Å². The molecule has 0 aliphatic heterocycles. The highest BCUT2D eigenvalue weighted by molar-refractivity contribution is 9.10. The molecule has 0 unspecified atom stereocenters. The third kappa shape index (κ3) is 5.64. The highest BCUT2D eigenvalue weighted by Crippen LogP contribution is 2.38. The van der Waals surface area contributed by atoms with Gasteiger partial charge in [0.15, 0.2) is 11.5 Å². The van der Waals surface area contributed by atoms with Gasteiger partial charge >= 0.3 is 5.97 Å². The molecule has 200 valence electrons. The molecule has 40 heavy (non-hydrogen) atoms. The molecule has 0 fully saturated rings. The largest absolute Gasteiger partial charge is 0.493 e. The molecule has 5 aromatic rings. The molecule has 7 nitrogen and oxygen atoms in total. The summed E-state index contributed by atoms with van der Waals surface area (Å²) in [5.41, 5.74) is 7.09. The highest BCUT2D eigenvalue weighted by atomic mass is 79.9. The maximum absolute atomic E-state index is 13.3. The van der Waals surface area contributed by atoms with Crippen molar-refractivity contribution in [1.82, 2.24) is 10.4 Å². The Morgan fingerprint density at radius 1 is 0.975 bits per heavy atom. The number of hydrazone groups is 1. The Morgan fingerprint density at radius 3 is 2.55 bits per heavy atom. The summed E-state index contributed by atoms with van der Waals surface area (Å²) in [5, 5.41) is 5.51. The van der Waals surface area contributed by atoms with E-state index in [0.29, 0.717) is 33.2 Å². The van der Waals surface area contributed by atoms with Crippen molar-refractivity contribution in [3.05, 3.63) is 117 Å². The van der Waals surface area contributed by atoms with Crippen molar-refractivity contribution >= 4 is 56.5 Å². The number of ether oxygens (including phenoxy) is 2. The number of hydrogen-bond donors (Lipinski definition) is 2. The normalized spacial score (nSPS) is 11.1. The number of H-pyrrole nitrogens is 1. The van der Waals surface area contributed by atoms with Crippen molar-refractivity contribution in [3.8, 4) is 22.6 Å². The van der Waals surface area contributed by atoms with Gasteiger partial charge in [0.25, 0.3) is 5.91 Å². The van der Waals surface area contributed by atoms with Crippen LogP contribution in [0.4, 0.5) is 0 Å². The van der Waals surface area contributed by atoms with E-state index in [1.165, 1.54) is 13.3 Å². The lowest BCUT2D eigenvalue weighted by Gasteiger charge is -2.10. The zero-order chi connectivity index (χ0) is 28.2. The molecule has 0 atom stereocenters. The molecule has 0 aliphatic rings. The van der Waals surface area contributed by atoms with Crippen LogP contribution in [0.25, 0.3) is 22.0 Å². The monoisotopic (exact) mass is 615 g/mol. The number of hydrogen-bond acceptors (Lipinski definition) is 5. The Hall–Kier alpha value is -4.40. The molecule has 0 aliphatic carbocycles. The number of nitrogens with one attached hydrogen (secondary N) is 2. The summed E-state index contributed by atoms with van der Waals surface area (Å²) in [6.45, 7) is 1.90. The van der Waals surface area contributed by atoms with Gasteiger partial charge < -0.3 is 14.5 Å². The minimum Gasteiger partial charge on any atom is -0.493 e. The van der Waals surface area contributed by atoms with E-state index in [0.717, 1.165) is 26.5 Å². The van der Waals surface area contributed by atoms with Crippen LogP contribution in [0.3, 0.4) is 0 Å². The Balaban J connectivity index is 1.37. The number of amides is 1. The Bertz CT molecular complexity index is 1780. The van der Waals surface area contributed by atoms with E-state index in [1.54, 1.807) is 42.5 Å². The minimum absolute atomic E-state index is 0.267. The summed E-state index contributed by atoms with van der Waals surface area (Å²) in [6.07, 6.45) is 1.47. The molecule has 0 bridgehead atoms.